The molecule has 0 fully saturated rings. The van der Waals surface area contributed by atoms with Crippen LogP contribution in [0.15, 0.2) is 65.3 Å². The van der Waals surface area contributed by atoms with Crippen LogP contribution in [0.5, 0.6) is 11.5 Å². The van der Waals surface area contributed by atoms with Gasteiger partial charge in [0.2, 0.25) is 5.90 Å². The summed E-state index contributed by atoms with van der Waals surface area (Å²) >= 11 is 16.6. The summed E-state index contributed by atoms with van der Waals surface area (Å²) in [5, 5.41) is 0.830. The van der Waals surface area contributed by atoms with Gasteiger partial charge in [-0.25, -0.2) is 9.79 Å². The Kier molecular flexibility index (Phi) is 7.83. The van der Waals surface area contributed by atoms with E-state index in [1.54, 1.807) is 37.5 Å². The molecule has 5 nitrogen and oxygen atoms in total. The molecular formula is C24H15Cl2I2NO4. The highest BCUT2D eigenvalue weighted by atomic mass is 127. The lowest BCUT2D eigenvalue weighted by Gasteiger charge is -2.14. The van der Waals surface area contributed by atoms with Crippen LogP contribution in [0.3, 0.4) is 0 Å². The van der Waals surface area contributed by atoms with Gasteiger partial charge in [0.25, 0.3) is 0 Å². The first kappa shape index (κ1) is 24.3. The standard InChI is InChI=1S/C24H15Cl2I2NO4/c1-31-21-10-13(8-19(28)22(21)32-12-14-4-2-3-5-18(14)27)9-20-24(30)33-23(29-20)16-7-6-15(25)11-17(16)26/h2-11H,12H2,1H3/b20-9-. The molecule has 0 amide bonds. The number of carbonyl (C=O) groups excluding carboxylic acids is 1. The van der Waals surface area contributed by atoms with Gasteiger partial charge in [0, 0.05) is 14.2 Å². The van der Waals surface area contributed by atoms with Crippen molar-refractivity contribution in [3.05, 3.63) is 94.2 Å². The van der Waals surface area contributed by atoms with E-state index in [-0.39, 0.29) is 11.6 Å². The van der Waals surface area contributed by atoms with Crippen LogP contribution in [0.1, 0.15) is 16.7 Å². The van der Waals surface area contributed by atoms with Crippen LogP contribution in [-0.2, 0) is 16.1 Å². The highest BCUT2D eigenvalue weighted by molar-refractivity contribution is 14.1. The summed E-state index contributed by atoms with van der Waals surface area (Å²) < 4.78 is 18.9. The molecule has 0 unspecified atom stereocenters. The zero-order chi connectivity index (χ0) is 23.5. The van der Waals surface area contributed by atoms with Gasteiger partial charge in [-0.05, 0) is 93.2 Å². The molecule has 33 heavy (non-hydrogen) atoms. The Morgan fingerprint density at radius 3 is 2.58 bits per heavy atom. The molecule has 168 valence electrons. The summed E-state index contributed by atoms with van der Waals surface area (Å²) in [5.74, 6) is 0.748. The number of hydrogen-bond acceptors (Lipinski definition) is 5. The highest BCUT2D eigenvalue weighted by Gasteiger charge is 2.26. The predicted octanol–water partition coefficient (Wildman–Crippen LogP) is 7.13. The van der Waals surface area contributed by atoms with E-state index >= 15 is 0 Å². The third kappa shape index (κ3) is 5.64. The number of cyclic esters (lactones) is 1. The molecule has 0 spiro atoms. The van der Waals surface area contributed by atoms with Crippen molar-refractivity contribution >= 4 is 86.3 Å². The molecule has 1 heterocycles. The number of methoxy groups -OCH3 is 1. The zero-order valence-corrected chi connectivity index (χ0v) is 22.9. The maximum absolute atomic E-state index is 12.4. The number of ether oxygens (including phenoxy) is 3. The van der Waals surface area contributed by atoms with E-state index in [4.69, 9.17) is 37.4 Å². The SMILES string of the molecule is COc1cc(/C=C2\N=C(c3ccc(Cl)cc3Cl)OC2=O)cc(I)c1OCc1ccccc1I. The van der Waals surface area contributed by atoms with Gasteiger partial charge < -0.3 is 14.2 Å². The molecule has 0 N–H and O–H groups in total. The first-order chi connectivity index (χ1) is 15.9. The first-order valence-electron chi connectivity index (χ1n) is 9.57. The molecule has 0 saturated carbocycles. The van der Waals surface area contributed by atoms with Crippen LogP contribution >= 0.6 is 68.4 Å². The number of halogens is 4. The molecule has 1 aliphatic heterocycles. The Morgan fingerprint density at radius 1 is 1.06 bits per heavy atom. The molecule has 0 atom stereocenters. The van der Waals surface area contributed by atoms with Crippen molar-refractivity contribution in [1.82, 2.24) is 0 Å². The molecule has 3 aromatic rings. The smallest absolute Gasteiger partial charge is 0.363 e. The first-order valence-corrected chi connectivity index (χ1v) is 12.5. The number of nitrogens with zero attached hydrogens (tertiary/aromatic N) is 1. The van der Waals surface area contributed by atoms with Gasteiger partial charge in [-0.2, -0.15) is 0 Å². The van der Waals surface area contributed by atoms with E-state index in [0.29, 0.717) is 33.7 Å². The Labute approximate surface area is 228 Å². The van der Waals surface area contributed by atoms with Crippen molar-refractivity contribution in [2.45, 2.75) is 6.61 Å². The van der Waals surface area contributed by atoms with E-state index in [9.17, 15) is 4.79 Å². The van der Waals surface area contributed by atoms with Gasteiger partial charge >= 0.3 is 5.97 Å². The molecule has 4 rings (SSSR count). The van der Waals surface area contributed by atoms with Crippen LogP contribution in [0.2, 0.25) is 10.0 Å². The molecule has 3 aromatic carbocycles. The van der Waals surface area contributed by atoms with Gasteiger partial charge in [-0.15, -0.1) is 0 Å². The summed E-state index contributed by atoms with van der Waals surface area (Å²) in [5.41, 5.74) is 2.45. The second-order valence-electron chi connectivity index (χ2n) is 6.87. The molecule has 0 bridgehead atoms. The minimum absolute atomic E-state index is 0.131. The van der Waals surface area contributed by atoms with Crippen LogP contribution < -0.4 is 9.47 Å². The third-order valence-electron chi connectivity index (χ3n) is 4.67. The highest BCUT2D eigenvalue weighted by Crippen LogP contribution is 2.36. The van der Waals surface area contributed by atoms with E-state index in [2.05, 4.69) is 50.2 Å². The number of rotatable bonds is 6. The molecule has 1 aliphatic rings. The van der Waals surface area contributed by atoms with Crippen molar-refractivity contribution in [2.24, 2.45) is 4.99 Å². The maximum Gasteiger partial charge on any atom is 0.363 e. The monoisotopic (exact) mass is 705 g/mol. The summed E-state index contributed by atoms with van der Waals surface area (Å²) in [4.78, 5) is 16.7. The average molecular weight is 706 g/mol. The molecule has 0 saturated heterocycles. The minimum Gasteiger partial charge on any atom is -0.493 e. The van der Waals surface area contributed by atoms with Gasteiger partial charge in [-0.3, -0.25) is 0 Å². The number of hydrogen-bond donors (Lipinski definition) is 0. The number of aliphatic imine (C=N–C) groups is 1. The minimum atomic E-state index is -0.566. The molecule has 0 aliphatic carbocycles. The molecule has 0 aromatic heterocycles. The molecule has 0 radical (unpaired) electrons. The second-order valence-corrected chi connectivity index (χ2v) is 10.0. The fourth-order valence-corrected chi connectivity index (χ4v) is 4.89. The van der Waals surface area contributed by atoms with Crippen LogP contribution in [0.4, 0.5) is 0 Å². The number of esters is 1. The summed E-state index contributed by atoms with van der Waals surface area (Å²) in [6.07, 6.45) is 1.63. The Morgan fingerprint density at radius 2 is 1.85 bits per heavy atom. The van der Waals surface area contributed by atoms with Gasteiger partial charge in [0.1, 0.15) is 6.61 Å². The summed E-state index contributed by atoms with van der Waals surface area (Å²) in [6, 6.07) is 16.6. The predicted molar refractivity (Wildman–Crippen MR) is 146 cm³/mol. The van der Waals surface area contributed by atoms with E-state index in [1.807, 2.05) is 30.3 Å². The van der Waals surface area contributed by atoms with E-state index < -0.39 is 5.97 Å². The van der Waals surface area contributed by atoms with Gasteiger partial charge in [-0.1, -0.05) is 41.4 Å². The number of benzene rings is 3. The van der Waals surface area contributed by atoms with Gasteiger partial charge in [0.15, 0.2) is 17.2 Å². The molecular weight excluding hydrogens is 691 g/mol. The Bertz CT molecular complexity index is 1310. The van der Waals surface area contributed by atoms with Crippen molar-refractivity contribution in [3.8, 4) is 11.5 Å². The van der Waals surface area contributed by atoms with E-state index in [0.717, 1.165) is 18.3 Å². The van der Waals surface area contributed by atoms with Crippen LogP contribution in [0, 0.1) is 7.14 Å². The van der Waals surface area contributed by atoms with Gasteiger partial charge in [0.05, 0.1) is 21.3 Å². The Hall–Kier alpha value is -1.82. The normalized spacial score (nSPS) is 14.3. The van der Waals surface area contributed by atoms with Crippen molar-refractivity contribution in [3.63, 3.8) is 0 Å². The van der Waals surface area contributed by atoms with Crippen molar-refractivity contribution in [1.29, 1.82) is 0 Å². The summed E-state index contributed by atoms with van der Waals surface area (Å²) in [7, 11) is 1.57. The average Bonchev–Trinajstić information content (AvgIpc) is 3.13. The lowest BCUT2D eigenvalue weighted by atomic mass is 10.1. The fourth-order valence-electron chi connectivity index (χ4n) is 3.07. The van der Waals surface area contributed by atoms with Crippen molar-refractivity contribution < 1.29 is 19.0 Å². The Balaban J connectivity index is 1.61. The second kappa shape index (κ2) is 10.6. The maximum atomic E-state index is 12.4. The lowest BCUT2D eigenvalue weighted by molar-refractivity contribution is -0.129. The fraction of sp³-hybridized carbons (Fsp3) is 0.0833. The zero-order valence-electron chi connectivity index (χ0n) is 17.1. The summed E-state index contributed by atoms with van der Waals surface area (Å²) in [6.45, 7) is 0.410. The van der Waals surface area contributed by atoms with Crippen LogP contribution in [0.25, 0.3) is 6.08 Å². The topological polar surface area (TPSA) is 57.1 Å². The van der Waals surface area contributed by atoms with E-state index in [1.165, 1.54) is 0 Å². The quantitative estimate of drug-likeness (QED) is 0.156. The third-order valence-corrected chi connectivity index (χ3v) is 7.07. The molecule has 9 heteroatoms. The largest absolute Gasteiger partial charge is 0.493 e. The van der Waals surface area contributed by atoms with Crippen molar-refractivity contribution in [2.75, 3.05) is 7.11 Å². The van der Waals surface area contributed by atoms with Crippen LogP contribution in [-0.4, -0.2) is 19.0 Å². The number of carbonyl (C=O) groups is 1. The lowest BCUT2D eigenvalue weighted by Crippen LogP contribution is -2.06.